The van der Waals surface area contributed by atoms with Crippen LogP contribution in [0.3, 0.4) is 0 Å². The highest BCUT2D eigenvalue weighted by molar-refractivity contribution is 7.16. The molecular formula is C22H19FN4O2S. The van der Waals surface area contributed by atoms with E-state index in [1.165, 1.54) is 42.1 Å². The standard InChI is InChI=1S/C22H19FN4O2S/c23-18-4-2-1-3-17(18)20-7-5-16(30-20)6-8-21(28)26-11-13-27(14-12-26)22(29)19-15-24-9-10-25-19/h1-10,15H,11-14H2/b8-6+. The van der Waals surface area contributed by atoms with Gasteiger partial charge in [0.2, 0.25) is 5.91 Å². The van der Waals surface area contributed by atoms with Gasteiger partial charge in [-0.1, -0.05) is 18.2 Å². The monoisotopic (exact) mass is 422 g/mol. The molecule has 3 aromatic rings. The third-order valence-electron chi connectivity index (χ3n) is 4.82. The highest BCUT2D eigenvalue weighted by Gasteiger charge is 2.24. The van der Waals surface area contributed by atoms with Gasteiger partial charge in [-0.3, -0.25) is 14.6 Å². The number of thiophene rings is 1. The van der Waals surface area contributed by atoms with Crippen LogP contribution in [0, 0.1) is 5.82 Å². The van der Waals surface area contributed by atoms with E-state index in [4.69, 9.17) is 0 Å². The third kappa shape index (κ3) is 4.44. The summed E-state index contributed by atoms with van der Waals surface area (Å²) in [6, 6.07) is 10.3. The van der Waals surface area contributed by atoms with Crippen molar-refractivity contribution in [3.63, 3.8) is 0 Å². The van der Waals surface area contributed by atoms with Crippen molar-refractivity contribution in [2.45, 2.75) is 0 Å². The van der Waals surface area contributed by atoms with Crippen LogP contribution in [0.15, 0.2) is 61.1 Å². The summed E-state index contributed by atoms with van der Waals surface area (Å²) in [6.07, 6.45) is 7.72. The van der Waals surface area contributed by atoms with Gasteiger partial charge in [0.05, 0.1) is 6.20 Å². The Balaban J connectivity index is 1.34. The number of carbonyl (C=O) groups excluding carboxylic acids is 2. The molecular weight excluding hydrogens is 403 g/mol. The topological polar surface area (TPSA) is 66.4 Å². The van der Waals surface area contributed by atoms with Crippen molar-refractivity contribution in [2.24, 2.45) is 0 Å². The molecule has 3 heterocycles. The van der Waals surface area contributed by atoms with Crippen LogP contribution in [0.4, 0.5) is 4.39 Å². The molecule has 152 valence electrons. The number of rotatable bonds is 4. The highest BCUT2D eigenvalue weighted by Crippen LogP contribution is 2.30. The van der Waals surface area contributed by atoms with E-state index in [2.05, 4.69) is 9.97 Å². The Bertz CT molecular complexity index is 1080. The van der Waals surface area contributed by atoms with Crippen LogP contribution < -0.4 is 0 Å². The zero-order valence-electron chi connectivity index (χ0n) is 16.1. The normalized spacial score (nSPS) is 14.3. The van der Waals surface area contributed by atoms with E-state index in [-0.39, 0.29) is 17.6 Å². The van der Waals surface area contributed by atoms with Crippen LogP contribution in [0.2, 0.25) is 0 Å². The highest BCUT2D eigenvalue weighted by atomic mass is 32.1. The zero-order valence-corrected chi connectivity index (χ0v) is 16.9. The third-order valence-corrected chi connectivity index (χ3v) is 5.90. The number of hydrogen-bond acceptors (Lipinski definition) is 5. The Morgan fingerprint density at radius 1 is 1.00 bits per heavy atom. The molecule has 1 fully saturated rings. The molecule has 1 aliphatic heterocycles. The lowest BCUT2D eigenvalue weighted by Crippen LogP contribution is -2.50. The molecule has 0 saturated carbocycles. The van der Waals surface area contributed by atoms with E-state index in [1.54, 1.807) is 34.1 Å². The molecule has 2 aromatic heterocycles. The maximum atomic E-state index is 13.9. The van der Waals surface area contributed by atoms with Gasteiger partial charge in [-0.15, -0.1) is 11.3 Å². The Morgan fingerprint density at radius 3 is 2.50 bits per heavy atom. The molecule has 0 bridgehead atoms. The van der Waals surface area contributed by atoms with Crippen LogP contribution in [0.5, 0.6) is 0 Å². The summed E-state index contributed by atoms with van der Waals surface area (Å²) in [5, 5.41) is 0. The molecule has 30 heavy (non-hydrogen) atoms. The van der Waals surface area contributed by atoms with Gasteiger partial charge >= 0.3 is 0 Å². The largest absolute Gasteiger partial charge is 0.336 e. The summed E-state index contributed by atoms with van der Waals surface area (Å²) < 4.78 is 13.9. The minimum atomic E-state index is -0.264. The van der Waals surface area contributed by atoms with E-state index in [9.17, 15) is 14.0 Å². The lowest BCUT2D eigenvalue weighted by molar-refractivity contribution is -0.127. The average Bonchev–Trinajstić information content (AvgIpc) is 3.27. The molecule has 8 heteroatoms. The van der Waals surface area contributed by atoms with Crippen LogP contribution in [-0.2, 0) is 4.79 Å². The first-order valence-electron chi connectivity index (χ1n) is 9.49. The molecule has 1 saturated heterocycles. The molecule has 0 atom stereocenters. The quantitative estimate of drug-likeness (QED) is 0.605. The molecule has 0 aliphatic carbocycles. The summed E-state index contributed by atoms with van der Waals surface area (Å²) >= 11 is 1.43. The number of piperazine rings is 1. The Kier molecular flexibility index (Phi) is 5.94. The second-order valence-electron chi connectivity index (χ2n) is 6.72. The van der Waals surface area contributed by atoms with Crippen molar-refractivity contribution in [3.05, 3.63) is 77.5 Å². The second kappa shape index (κ2) is 8.96. The first kappa shape index (κ1) is 19.9. The molecule has 1 aliphatic rings. The number of aromatic nitrogens is 2. The van der Waals surface area contributed by atoms with Crippen LogP contribution in [-0.4, -0.2) is 57.8 Å². The van der Waals surface area contributed by atoms with E-state index in [0.717, 1.165) is 9.75 Å². The van der Waals surface area contributed by atoms with Crippen molar-refractivity contribution >= 4 is 29.2 Å². The summed E-state index contributed by atoms with van der Waals surface area (Å²) in [6.45, 7) is 1.82. The summed E-state index contributed by atoms with van der Waals surface area (Å²) in [4.78, 5) is 37.9. The van der Waals surface area contributed by atoms with Gasteiger partial charge in [-0.2, -0.15) is 0 Å². The zero-order chi connectivity index (χ0) is 20.9. The number of halogens is 1. The fourth-order valence-electron chi connectivity index (χ4n) is 3.21. The Hall–Kier alpha value is -3.39. The van der Waals surface area contributed by atoms with E-state index < -0.39 is 0 Å². The van der Waals surface area contributed by atoms with Gasteiger partial charge in [0, 0.05) is 60.0 Å². The van der Waals surface area contributed by atoms with Crippen molar-refractivity contribution in [2.75, 3.05) is 26.2 Å². The molecule has 4 rings (SSSR count). The van der Waals surface area contributed by atoms with Crippen LogP contribution >= 0.6 is 11.3 Å². The fourth-order valence-corrected chi connectivity index (χ4v) is 4.15. The second-order valence-corrected chi connectivity index (χ2v) is 7.84. The number of carbonyl (C=O) groups is 2. The molecule has 0 radical (unpaired) electrons. The number of hydrogen-bond donors (Lipinski definition) is 0. The van der Waals surface area contributed by atoms with E-state index in [0.29, 0.717) is 37.4 Å². The van der Waals surface area contributed by atoms with Gasteiger partial charge in [0.15, 0.2) is 0 Å². The van der Waals surface area contributed by atoms with Gasteiger partial charge < -0.3 is 9.80 Å². The lowest BCUT2D eigenvalue weighted by Gasteiger charge is -2.34. The van der Waals surface area contributed by atoms with Crippen molar-refractivity contribution in [1.29, 1.82) is 0 Å². The molecule has 6 nitrogen and oxygen atoms in total. The number of amides is 2. The van der Waals surface area contributed by atoms with Crippen molar-refractivity contribution < 1.29 is 14.0 Å². The first-order chi connectivity index (χ1) is 14.6. The summed E-state index contributed by atoms with van der Waals surface area (Å²) in [7, 11) is 0. The van der Waals surface area contributed by atoms with Gasteiger partial charge in [-0.25, -0.2) is 9.37 Å². The molecule has 0 unspecified atom stereocenters. The van der Waals surface area contributed by atoms with E-state index >= 15 is 0 Å². The minimum Gasteiger partial charge on any atom is -0.336 e. The van der Waals surface area contributed by atoms with E-state index in [1.807, 2.05) is 12.1 Å². The predicted molar refractivity (Wildman–Crippen MR) is 113 cm³/mol. The van der Waals surface area contributed by atoms with Crippen LogP contribution in [0.25, 0.3) is 16.5 Å². The molecule has 0 spiro atoms. The van der Waals surface area contributed by atoms with Crippen LogP contribution in [0.1, 0.15) is 15.4 Å². The lowest BCUT2D eigenvalue weighted by atomic mass is 10.2. The van der Waals surface area contributed by atoms with Crippen molar-refractivity contribution in [3.8, 4) is 10.4 Å². The SMILES string of the molecule is O=C(/C=C/c1ccc(-c2ccccc2F)s1)N1CCN(C(=O)c2cnccn2)CC1. The molecule has 2 amide bonds. The summed E-state index contributed by atoms with van der Waals surface area (Å²) in [5.74, 6) is -0.549. The molecule has 1 aromatic carbocycles. The number of benzene rings is 1. The predicted octanol–water partition coefficient (Wildman–Crippen LogP) is 3.34. The van der Waals surface area contributed by atoms with Gasteiger partial charge in [-0.05, 0) is 24.3 Å². The number of nitrogens with zero attached hydrogens (tertiary/aromatic N) is 4. The summed E-state index contributed by atoms with van der Waals surface area (Å²) in [5.41, 5.74) is 0.859. The Morgan fingerprint density at radius 2 is 1.77 bits per heavy atom. The smallest absolute Gasteiger partial charge is 0.274 e. The maximum Gasteiger partial charge on any atom is 0.274 e. The van der Waals surface area contributed by atoms with Crippen molar-refractivity contribution in [1.82, 2.24) is 19.8 Å². The first-order valence-corrected chi connectivity index (χ1v) is 10.3. The fraction of sp³-hybridized carbons (Fsp3) is 0.182. The van der Waals surface area contributed by atoms with Gasteiger partial charge in [0.1, 0.15) is 11.5 Å². The van der Waals surface area contributed by atoms with Gasteiger partial charge in [0.25, 0.3) is 5.91 Å². The minimum absolute atomic E-state index is 0.109. The average molecular weight is 422 g/mol. The maximum absolute atomic E-state index is 13.9. The Labute approximate surface area is 177 Å². The molecule has 0 N–H and O–H groups in total.